The van der Waals surface area contributed by atoms with Crippen molar-refractivity contribution in [1.29, 1.82) is 0 Å². The van der Waals surface area contributed by atoms with Gasteiger partial charge >= 0.3 is 5.97 Å². The van der Waals surface area contributed by atoms with Crippen LogP contribution in [0.1, 0.15) is 25.1 Å². The summed E-state index contributed by atoms with van der Waals surface area (Å²) in [5.41, 5.74) is -1.10. The van der Waals surface area contributed by atoms with Gasteiger partial charge in [-0.2, -0.15) is 0 Å². The van der Waals surface area contributed by atoms with Crippen LogP contribution in [0.4, 0.5) is 10.1 Å². The first kappa shape index (κ1) is 18.4. The molecule has 28 heavy (non-hydrogen) atoms. The van der Waals surface area contributed by atoms with Crippen LogP contribution in [0.5, 0.6) is 0 Å². The number of ether oxygens (including phenoxy) is 1. The number of halogens is 1. The predicted octanol–water partition coefficient (Wildman–Crippen LogP) is 2.19. The molecule has 8 heteroatoms. The minimum atomic E-state index is -1.36. The molecule has 2 fully saturated rings. The van der Waals surface area contributed by atoms with Crippen molar-refractivity contribution in [3.63, 3.8) is 0 Å². The monoisotopic (exact) mass is 386 g/mol. The number of esters is 1. The Kier molecular flexibility index (Phi) is 4.30. The first-order chi connectivity index (χ1) is 13.4. The number of rotatable bonds is 4. The topological polar surface area (TPSA) is 88.8 Å². The molecule has 0 unspecified atom stereocenters. The number of carbonyl (C=O) groups is 3. The maximum absolute atomic E-state index is 13.3. The van der Waals surface area contributed by atoms with E-state index in [1.807, 2.05) is 0 Å². The lowest BCUT2D eigenvalue weighted by Crippen LogP contribution is -2.55. The summed E-state index contributed by atoms with van der Waals surface area (Å²) in [7, 11) is 1.25. The lowest BCUT2D eigenvalue weighted by atomic mass is 9.78. The van der Waals surface area contributed by atoms with E-state index < -0.39 is 47.0 Å². The number of nitrogens with zero attached hydrogens (tertiary/aromatic N) is 1. The Balaban J connectivity index is 1.84. The molecule has 2 saturated heterocycles. The van der Waals surface area contributed by atoms with E-state index in [0.717, 1.165) is 4.90 Å². The first-order valence-corrected chi connectivity index (χ1v) is 8.97. The molecule has 1 aromatic heterocycles. The molecule has 4 atom stereocenters. The Labute approximate surface area is 160 Å². The van der Waals surface area contributed by atoms with Gasteiger partial charge in [0.1, 0.15) is 17.1 Å². The molecule has 0 bridgehead atoms. The Bertz CT molecular complexity index is 927. The lowest BCUT2D eigenvalue weighted by molar-refractivity contribution is -0.152. The van der Waals surface area contributed by atoms with Crippen molar-refractivity contribution in [2.45, 2.75) is 24.9 Å². The molecule has 2 aliphatic heterocycles. The summed E-state index contributed by atoms with van der Waals surface area (Å²) in [6.07, 6.45) is 1.71. The summed E-state index contributed by atoms with van der Waals surface area (Å²) in [5, 5.41) is 3.15. The normalized spacial score (nSPS) is 29.2. The van der Waals surface area contributed by atoms with Crippen LogP contribution in [-0.2, 0) is 19.1 Å². The second kappa shape index (κ2) is 6.56. The molecule has 0 radical (unpaired) electrons. The number of imide groups is 1. The van der Waals surface area contributed by atoms with Gasteiger partial charge in [-0.1, -0.05) is 6.92 Å². The van der Waals surface area contributed by atoms with Crippen molar-refractivity contribution in [3.8, 4) is 0 Å². The van der Waals surface area contributed by atoms with Crippen LogP contribution in [-0.4, -0.2) is 30.4 Å². The van der Waals surface area contributed by atoms with E-state index in [1.165, 1.54) is 37.6 Å². The number of carbonyl (C=O) groups excluding carboxylic acids is 3. The molecule has 2 aliphatic rings. The molecule has 1 N–H and O–H groups in total. The molecule has 0 spiro atoms. The van der Waals surface area contributed by atoms with E-state index in [1.54, 1.807) is 19.1 Å². The summed E-state index contributed by atoms with van der Waals surface area (Å²) < 4.78 is 23.8. The number of anilines is 1. The number of methoxy groups -OCH3 is 1. The van der Waals surface area contributed by atoms with Gasteiger partial charge in [0, 0.05) is 0 Å². The van der Waals surface area contributed by atoms with Crippen LogP contribution in [0.3, 0.4) is 0 Å². The van der Waals surface area contributed by atoms with Crippen LogP contribution in [0.2, 0.25) is 0 Å². The molecular weight excluding hydrogens is 367 g/mol. The number of hydrogen-bond acceptors (Lipinski definition) is 6. The zero-order valence-electron chi connectivity index (χ0n) is 15.3. The van der Waals surface area contributed by atoms with E-state index >= 15 is 0 Å². The maximum Gasteiger partial charge on any atom is 0.326 e. The zero-order chi connectivity index (χ0) is 20.1. The van der Waals surface area contributed by atoms with Gasteiger partial charge in [-0.05, 0) is 42.8 Å². The van der Waals surface area contributed by atoms with Crippen LogP contribution in [0.25, 0.3) is 0 Å². The van der Waals surface area contributed by atoms with Crippen molar-refractivity contribution in [1.82, 2.24) is 5.32 Å². The molecular formula is C20H19FN2O5. The van der Waals surface area contributed by atoms with Crippen LogP contribution < -0.4 is 10.2 Å². The van der Waals surface area contributed by atoms with E-state index in [4.69, 9.17) is 9.15 Å². The number of fused-ring (bicyclic) bond motifs is 1. The minimum absolute atomic E-state index is 0.244. The summed E-state index contributed by atoms with van der Waals surface area (Å²) >= 11 is 0. The molecule has 2 aromatic rings. The highest BCUT2D eigenvalue weighted by Gasteiger charge is 2.68. The predicted molar refractivity (Wildman–Crippen MR) is 95.5 cm³/mol. The molecule has 1 aromatic carbocycles. The second-order valence-electron chi connectivity index (χ2n) is 6.95. The summed E-state index contributed by atoms with van der Waals surface area (Å²) in [4.78, 5) is 40.4. The van der Waals surface area contributed by atoms with Gasteiger partial charge in [0.15, 0.2) is 0 Å². The van der Waals surface area contributed by atoms with Crippen LogP contribution in [0.15, 0.2) is 47.1 Å². The quantitative estimate of drug-likeness (QED) is 0.640. The second-order valence-corrected chi connectivity index (χ2v) is 6.95. The molecule has 7 nitrogen and oxygen atoms in total. The number of benzene rings is 1. The van der Waals surface area contributed by atoms with Crippen LogP contribution in [0, 0.1) is 17.7 Å². The fourth-order valence-corrected chi connectivity index (χ4v) is 4.40. The van der Waals surface area contributed by atoms with Crippen molar-refractivity contribution < 1.29 is 27.9 Å². The summed E-state index contributed by atoms with van der Waals surface area (Å²) in [6.45, 7) is 1.75. The van der Waals surface area contributed by atoms with Gasteiger partial charge in [-0.3, -0.25) is 19.7 Å². The summed E-state index contributed by atoms with van der Waals surface area (Å²) in [6, 6.07) is 7.80. The van der Waals surface area contributed by atoms with Gasteiger partial charge in [-0.25, -0.2) is 9.29 Å². The lowest BCUT2D eigenvalue weighted by Gasteiger charge is -2.31. The average Bonchev–Trinajstić information content (AvgIpc) is 3.39. The molecule has 0 saturated carbocycles. The Morgan fingerprint density at radius 3 is 2.54 bits per heavy atom. The SMILES string of the molecule is CC[C@]1(C(=O)OC)N[C@H](c2ccco2)[C@@H]2C(=O)N(c3ccc(F)cc3)C(=O)[C@@H]21. The number of furan rings is 1. The molecule has 146 valence electrons. The Morgan fingerprint density at radius 2 is 1.96 bits per heavy atom. The minimum Gasteiger partial charge on any atom is -0.468 e. The number of hydrogen-bond donors (Lipinski definition) is 1. The Hall–Kier alpha value is -3.00. The van der Waals surface area contributed by atoms with Crippen molar-refractivity contribution in [3.05, 3.63) is 54.2 Å². The third-order valence-corrected chi connectivity index (χ3v) is 5.70. The van der Waals surface area contributed by atoms with E-state index in [2.05, 4.69) is 5.32 Å². The highest BCUT2D eigenvalue weighted by Crippen LogP contribution is 2.51. The van der Waals surface area contributed by atoms with Gasteiger partial charge in [0.2, 0.25) is 11.8 Å². The van der Waals surface area contributed by atoms with E-state index in [0.29, 0.717) is 5.76 Å². The average molecular weight is 386 g/mol. The smallest absolute Gasteiger partial charge is 0.326 e. The first-order valence-electron chi connectivity index (χ1n) is 8.97. The van der Waals surface area contributed by atoms with Gasteiger partial charge < -0.3 is 9.15 Å². The fraction of sp³-hybridized carbons (Fsp3) is 0.350. The van der Waals surface area contributed by atoms with Gasteiger partial charge in [0.05, 0.1) is 36.9 Å². The number of amides is 2. The third kappa shape index (κ3) is 2.41. The highest BCUT2D eigenvalue weighted by molar-refractivity contribution is 6.24. The van der Waals surface area contributed by atoms with Crippen molar-refractivity contribution in [2.24, 2.45) is 11.8 Å². The standard InChI is InChI=1S/C20H19FN2O5/c1-3-20(19(26)27-2)15-14(16(22-20)13-5-4-10-28-13)17(24)23(18(15)25)12-8-6-11(21)7-9-12/h4-10,14-16,22H,3H2,1-2H3/t14-,15-,16-,20+/m1/s1. The molecule has 3 heterocycles. The zero-order valence-corrected chi connectivity index (χ0v) is 15.3. The fourth-order valence-electron chi connectivity index (χ4n) is 4.40. The Morgan fingerprint density at radius 1 is 1.25 bits per heavy atom. The highest BCUT2D eigenvalue weighted by atomic mass is 19.1. The van der Waals surface area contributed by atoms with Crippen LogP contribution >= 0.6 is 0 Å². The van der Waals surface area contributed by atoms with E-state index in [9.17, 15) is 18.8 Å². The summed E-state index contributed by atoms with van der Waals surface area (Å²) in [5.74, 6) is -3.42. The van der Waals surface area contributed by atoms with Gasteiger partial charge in [-0.15, -0.1) is 0 Å². The molecule has 2 amide bonds. The molecule has 0 aliphatic carbocycles. The third-order valence-electron chi connectivity index (χ3n) is 5.70. The van der Waals surface area contributed by atoms with Gasteiger partial charge in [0.25, 0.3) is 0 Å². The van der Waals surface area contributed by atoms with Crippen molar-refractivity contribution in [2.75, 3.05) is 12.0 Å². The number of nitrogens with one attached hydrogen (secondary N) is 1. The maximum atomic E-state index is 13.3. The van der Waals surface area contributed by atoms with Crippen molar-refractivity contribution >= 4 is 23.5 Å². The largest absolute Gasteiger partial charge is 0.468 e. The van der Waals surface area contributed by atoms with E-state index in [-0.39, 0.29) is 12.1 Å². The molecule has 4 rings (SSSR count).